The van der Waals surface area contributed by atoms with E-state index in [2.05, 4.69) is 76.0 Å². The molecule has 1 heterocycles. The SMILES string of the molecule is CCCCCN1CCCN(Cc2ccc(Cl)c(NSc3ccc4ccccc4c3)c2)CC1. The Balaban J connectivity index is 1.34. The maximum absolute atomic E-state index is 6.51. The predicted octanol–water partition coefficient (Wildman–Crippen LogP) is 7.31. The van der Waals surface area contributed by atoms with Gasteiger partial charge in [0.25, 0.3) is 0 Å². The van der Waals surface area contributed by atoms with Crippen LogP contribution in [0.25, 0.3) is 10.8 Å². The fraction of sp³-hybridized carbons (Fsp3) is 0.407. The number of unbranched alkanes of at least 4 members (excludes halogenated alkanes) is 2. The summed E-state index contributed by atoms with van der Waals surface area (Å²) >= 11 is 8.13. The van der Waals surface area contributed by atoms with E-state index < -0.39 is 0 Å². The summed E-state index contributed by atoms with van der Waals surface area (Å²) in [6.45, 7) is 9.23. The summed E-state index contributed by atoms with van der Waals surface area (Å²) in [6.07, 6.45) is 5.23. The monoisotopic (exact) mass is 467 g/mol. The van der Waals surface area contributed by atoms with Gasteiger partial charge in [0.2, 0.25) is 0 Å². The van der Waals surface area contributed by atoms with Crippen molar-refractivity contribution in [3.05, 3.63) is 71.2 Å². The third-order valence-electron chi connectivity index (χ3n) is 6.20. The molecule has 0 unspecified atom stereocenters. The first-order chi connectivity index (χ1) is 15.7. The fourth-order valence-corrected chi connectivity index (χ4v) is 5.28. The number of fused-ring (bicyclic) bond motifs is 1. The van der Waals surface area contributed by atoms with Crippen LogP contribution in [0.3, 0.4) is 0 Å². The van der Waals surface area contributed by atoms with Gasteiger partial charge in [-0.3, -0.25) is 4.90 Å². The quantitative estimate of drug-likeness (QED) is 0.262. The number of nitrogens with one attached hydrogen (secondary N) is 1. The average molecular weight is 468 g/mol. The van der Waals surface area contributed by atoms with Crippen molar-refractivity contribution in [2.75, 3.05) is 37.4 Å². The Hall–Kier alpha value is -1.72. The molecule has 3 nitrogen and oxygen atoms in total. The third-order valence-corrected chi connectivity index (χ3v) is 7.34. The Morgan fingerprint density at radius 2 is 1.69 bits per heavy atom. The van der Waals surface area contributed by atoms with Gasteiger partial charge in [0, 0.05) is 24.5 Å². The van der Waals surface area contributed by atoms with E-state index in [1.165, 1.54) is 73.1 Å². The molecule has 0 radical (unpaired) electrons. The van der Waals surface area contributed by atoms with Crippen LogP contribution in [0, 0.1) is 0 Å². The summed E-state index contributed by atoms with van der Waals surface area (Å²) in [5.41, 5.74) is 2.30. The Morgan fingerprint density at radius 3 is 2.56 bits per heavy atom. The molecule has 1 N–H and O–H groups in total. The van der Waals surface area contributed by atoms with Gasteiger partial charge in [-0.05, 0) is 85.0 Å². The highest BCUT2D eigenvalue weighted by atomic mass is 35.5. The van der Waals surface area contributed by atoms with Crippen molar-refractivity contribution in [1.82, 2.24) is 9.80 Å². The molecule has 1 aliphatic rings. The highest BCUT2D eigenvalue weighted by molar-refractivity contribution is 8.00. The molecule has 0 amide bonds. The van der Waals surface area contributed by atoms with Crippen LogP contribution in [-0.2, 0) is 6.54 Å². The number of hydrogen-bond donors (Lipinski definition) is 1. The highest BCUT2D eigenvalue weighted by Gasteiger charge is 2.15. The summed E-state index contributed by atoms with van der Waals surface area (Å²) < 4.78 is 3.48. The molecular weight excluding hydrogens is 434 g/mol. The highest BCUT2D eigenvalue weighted by Crippen LogP contribution is 2.30. The molecule has 1 saturated heterocycles. The van der Waals surface area contributed by atoms with E-state index in [1.54, 1.807) is 11.9 Å². The minimum absolute atomic E-state index is 0.764. The van der Waals surface area contributed by atoms with Crippen LogP contribution in [0.2, 0.25) is 5.02 Å². The molecule has 0 aromatic heterocycles. The largest absolute Gasteiger partial charge is 0.324 e. The average Bonchev–Trinajstić information content (AvgIpc) is 3.04. The van der Waals surface area contributed by atoms with Gasteiger partial charge in [0.15, 0.2) is 0 Å². The lowest BCUT2D eigenvalue weighted by Crippen LogP contribution is -2.31. The Kier molecular flexibility index (Phi) is 8.75. The zero-order valence-electron chi connectivity index (χ0n) is 19.0. The van der Waals surface area contributed by atoms with Crippen LogP contribution in [0.15, 0.2) is 65.6 Å². The van der Waals surface area contributed by atoms with Crippen LogP contribution in [0.1, 0.15) is 38.2 Å². The first-order valence-electron chi connectivity index (χ1n) is 11.9. The number of nitrogens with zero attached hydrogens (tertiary/aromatic N) is 2. The number of rotatable bonds is 9. The molecule has 0 aliphatic carbocycles. The van der Waals surface area contributed by atoms with E-state index in [0.717, 1.165) is 23.8 Å². The molecule has 170 valence electrons. The van der Waals surface area contributed by atoms with Gasteiger partial charge in [-0.15, -0.1) is 0 Å². The van der Waals surface area contributed by atoms with Crippen molar-refractivity contribution in [2.45, 2.75) is 44.0 Å². The smallest absolute Gasteiger partial charge is 0.0646 e. The number of benzene rings is 3. The number of hydrogen-bond acceptors (Lipinski definition) is 4. The van der Waals surface area contributed by atoms with Crippen molar-refractivity contribution in [3.8, 4) is 0 Å². The molecule has 0 atom stereocenters. The Morgan fingerprint density at radius 1 is 0.875 bits per heavy atom. The summed E-state index contributed by atoms with van der Waals surface area (Å²) in [6, 6.07) is 21.4. The van der Waals surface area contributed by atoms with Gasteiger partial charge in [-0.25, -0.2) is 0 Å². The Bertz CT molecular complexity index is 1010. The second kappa shape index (κ2) is 11.9. The molecule has 5 heteroatoms. The lowest BCUT2D eigenvalue weighted by atomic mass is 10.1. The minimum atomic E-state index is 0.764. The Labute approximate surface area is 202 Å². The molecule has 1 fully saturated rings. The van der Waals surface area contributed by atoms with Gasteiger partial charge in [-0.2, -0.15) is 0 Å². The molecule has 3 aromatic rings. The van der Waals surface area contributed by atoms with Gasteiger partial charge in [0.1, 0.15) is 0 Å². The van der Waals surface area contributed by atoms with Gasteiger partial charge >= 0.3 is 0 Å². The van der Waals surface area contributed by atoms with Crippen molar-refractivity contribution in [2.24, 2.45) is 0 Å². The zero-order valence-corrected chi connectivity index (χ0v) is 20.6. The molecule has 32 heavy (non-hydrogen) atoms. The predicted molar refractivity (Wildman–Crippen MR) is 141 cm³/mol. The zero-order chi connectivity index (χ0) is 22.2. The summed E-state index contributed by atoms with van der Waals surface area (Å²) in [5, 5.41) is 3.28. The maximum atomic E-state index is 6.51. The molecule has 3 aromatic carbocycles. The minimum Gasteiger partial charge on any atom is -0.324 e. The maximum Gasteiger partial charge on any atom is 0.0646 e. The van der Waals surface area contributed by atoms with Crippen LogP contribution >= 0.6 is 23.5 Å². The lowest BCUT2D eigenvalue weighted by molar-refractivity contribution is 0.249. The second-order valence-electron chi connectivity index (χ2n) is 8.71. The molecule has 0 spiro atoms. The first kappa shape index (κ1) is 23.4. The summed E-state index contributed by atoms with van der Waals surface area (Å²) in [5.74, 6) is 0. The van der Waals surface area contributed by atoms with E-state index in [9.17, 15) is 0 Å². The lowest BCUT2D eigenvalue weighted by Gasteiger charge is -2.22. The van der Waals surface area contributed by atoms with Crippen molar-refractivity contribution in [1.29, 1.82) is 0 Å². The van der Waals surface area contributed by atoms with Crippen molar-refractivity contribution in [3.63, 3.8) is 0 Å². The first-order valence-corrected chi connectivity index (χ1v) is 13.1. The second-order valence-corrected chi connectivity index (χ2v) is 9.99. The summed E-state index contributed by atoms with van der Waals surface area (Å²) in [7, 11) is 0. The van der Waals surface area contributed by atoms with Gasteiger partial charge in [-0.1, -0.05) is 67.8 Å². The van der Waals surface area contributed by atoms with Crippen LogP contribution < -0.4 is 4.72 Å². The van der Waals surface area contributed by atoms with E-state index in [4.69, 9.17) is 11.6 Å². The summed E-state index contributed by atoms with van der Waals surface area (Å²) in [4.78, 5) is 6.41. The topological polar surface area (TPSA) is 18.5 Å². The molecule has 4 rings (SSSR count). The molecular formula is C27H34ClN3S. The van der Waals surface area contributed by atoms with E-state index >= 15 is 0 Å². The fourth-order valence-electron chi connectivity index (χ4n) is 4.34. The van der Waals surface area contributed by atoms with Gasteiger partial charge in [0.05, 0.1) is 10.7 Å². The molecule has 0 saturated carbocycles. The van der Waals surface area contributed by atoms with Crippen molar-refractivity contribution < 1.29 is 0 Å². The van der Waals surface area contributed by atoms with Crippen LogP contribution in [0.4, 0.5) is 5.69 Å². The third kappa shape index (κ3) is 6.64. The van der Waals surface area contributed by atoms with E-state index in [1.807, 2.05) is 6.07 Å². The number of halogens is 1. The molecule has 1 aliphatic heterocycles. The van der Waals surface area contributed by atoms with Crippen LogP contribution in [-0.4, -0.2) is 42.5 Å². The van der Waals surface area contributed by atoms with Gasteiger partial charge < -0.3 is 9.62 Å². The van der Waals surface area contributed by atoms with E-state index in [-0.39, 0.29) is 0 Å². The molecule has 0 bridgehead atoms. The van der Waals surface area contributed by atoms with Crippen LogP contribution in [0.5, 0.6) is 0 Å². The van der Waals surface area contributed by atoms with Crippen molar-refractivity contribution >= 4 is 40.0 Å². The normalized spacial score (nSPS) is 15.7. The van der Waals surface area contributed by atoms with E-state index in [0.29, 0.717) is 0 Å². The number of anilines is 1. The standard InChI is InChI=1S/C27H34ClN3S/c1-2-3-6-14-30-15-7-16-31(18-17-30)21-22-10-13-26(28)27(19-22)29-32-25-12-11-23-8-4-5-9-24(23)20-25/h4-5,8-13,19-20,29H,2-3,6-7,14-18,21H2,1H3.